The Morgan fingerprint density at radius 1 is 1.12 bits per heavy atom. The van der Waals surface area contributed by atoms with Gasteiger partial charge < -0.3 is 10.1 Å². The van der Waals surface area contributed by atoms with Crippen molar-refractivity contribution in [2.24, 2.45) is 5.92 Å². The summed E-state index contributed by atoms with van der Waals surface area (Å²) in [5.74, 6) is 1.01. The summed E-state index contributed by atoms with van der Waals surface area (Å²) in [4.78, 5) is 0. The minimum Gasteiger partial charge on any atom is -0.382 e. The summed E-state index contributed by atoms with van der Waals surface area (Å²) < 4.78 is 5.36. The van der Waals surface area contributed by atoms with Gasteiger partial charge in [-0.2, -0.15) is 0 Å². The standard InChI is InChI=1S/C15H31NO/c1-3-7-14-8-5-9-15(11-10-14)16-12-6-13-17-4-2/h14-16H,3-13H2,1-2H3. The van der Waals surface area contributed by atoms with E-state index in [-0.39, 0.29) is 0 Å². The van der Waals surface area contributed by atoms with Crippen LogP contribution in [0.5, 0.6) is 0 Å². The maximum Gasteiger partial charge on any atom is 0.0477 e. The van der Waals surface area contributed by atoms with Gasteiger partial charge in [0.15, 0.2) is 0 Å². The van der Waals surface area contributed by atoms with Crippen molar-refractivity contribution in [2.75, 3.05) is 19.8 Å². The fourth-order valence-corrected chi connectivity index (χ4v) is 2.90. The van der Waals surface area contributed by atoms with Crippen LogP contribution in [-0.4, -0.2) is 25.8 Å². The summed E-state index contributed by atoms with van der Waals surface area (Å²) in [7, 11) is 0. The van der Waals surface area contributed by atoms with Crippen LogP contribution in [0.3, 0.4) is 0 Å². The van der Waals surface area contributed by atoms with Crippen LogP contribution in [0.15, 0.2) is 0 Å². The first kappa shape index (κ1) is 15.0. The molecule has 102 valence electrons. The Hall–Kier alpha value is -0.0800. The Bertz CT molecular complexity index is 172. The van der Waals surface area contributed by atoms with E-state index in [0.717, 1.165) is 38.1 Å². The van der Waals surface area contributed by atoms with Crippen molar-refractivity contribution in [1.82, 2.24) is 5.32 Å². The van der Waals surface area contributed by atoms with Crippen LogP contribution in [0.25, 0.3) is 0 Å². The monoisotopic (exact) mass is 241 g/mol. The maximum absolute atomic E-state index is 5.36. The zero-order chi connectivity index (χ0) is 12.3. The van der Waals surface area contributed by atoms with E-state index < -0.39 is 0 Å². The van der Waals surface area contributed by atoms with Gasteiger partial charge in [-0.1, -0.05) is 32.6 Å². The van der Waals surface area contributed by atoms with Gasteiger partial charge in [0, 0.05) is 19.3 Å². The number of hydrogen-bond acceptors (Lipinski definition) is 2. The van der Waals surface area contributed by atoms with Gasteiger partial charge in [-0.3, -0.25) is 0 Å². The first-order valence-electron chi connectivity index (χ1n) is 7.68. The predicted molar refractivity (Wildman–Crippen MR) is 74.4 cm³/mol. The van der Waals surface area contributed by atoms with Gasteiger partial charge >= 0.3 is 0 Å². The zero-order valence-electron chi connectivity index (χ0n) is 11.8. The van der Waals surface area contributed by atoms with Gasteiger partial charge in [0.1, 0.15) is 0 Å². The van der Waals surface area contributed by atoms with Crippen LogP contribution >= 0.6 is 0 Å². The van der Waals surface area contributed by atoms with Crippen LogP contribution in [-0.2, 0) is 4.74 Å². The average Bonchev–Trinajstić information content (AvgIpc) is 2.55. The van der Waals surface area contributed by atoms with Gasteiger partial charge in [-0.15, -0.1) is 0 Å². The minimum absolute atomic E-state index is 0.776. The number of nitrogens with one attached hydrogen (secondary N) is 1. The van der Waals surface area contributed by atoms with E-state index in [4.69, 9.17) is 4.74 Å². The molecule has 1 fully saturated rings. The molecule has 0 aliphatic heterocycles. The Morgan fingerprint density at radius 2 is 2.00 bits per heavy atom. The number of hydrogen-bond donors (Lipinski definition) is 1. The molecule has 2 nitrogen and oxygen atoms in total. The van der Waals surface area contributed by atoms with Crippen molar-refractivity contribution in [1.29, 1.82) is 0 Å². The summed E-state index contributed by atoms with van der Waals surface area (Å²) in [6, 6.07) is 0.776. The number of ether oxygens (including phenoxy) is 1. The summed E-state index contributed by atoms with van der Waals surface area (Å²) in [5.41, 5.74) is 0. The molecule has 0 radical (unpaired) electrons. The Balaban J connectivity index is 2.05. The van der Waals surface area contributed by atoms with E-state index in [1.807, 2.05) is 0 Å². The second kappa shape index (κ2) is 9.90. The summed E-state index contributed by atoms with van der Waals surface area (Å²) >= 11 is 0. The molecule has 17 heavy (non-hydrogen) atoms. The third-order valence-corrected chi connectivity index (χ3v) is 3.89. The van der Waals surface area contributed by atoms with Crippen LogP contribution in [0, 0.1) is 5.92 Å². The Morgan fingerprint density at radius 3 is 2.76 bits per heavy atom. The second-order valence-electron chi connectivity index (χ2n) is 5.36. The van der Waals surface area contributed by atoms with Crippen LogP contribution in [0.2, 0.25) is 0 Å². The lowest BCUT2D eigenvalue weighted by Crippen LogP contribution is -2.30. The van der Waals surface area contributed by atoms with E-state index in [0.29, 0.717) is 0 Å². The zero-order valence-corrected chi connectivity index (χ0v) is 11.8. The molecular formula is C15H31NO. The highest BCUT2D eigenvalue weighted by molar-refractivity contribution is 4.74. The molecule has 2 atom stereocenters. The summed E-state index contributed by atoms with van der Waals surface area (Å²) in [5, 5.41) is 3.70. The van der Waals surface area contributed by atoms with Crippen LogP contribution < -0.4 is 5.32 Å². The van der Waals surface area contributed by atoms with Crippen molar-refractivity contribution in [3.05, 3.63) is 0 Å². The molecule has 0 aromatic heterocycles. The molecule has 2 heteroatoms. The fourth-order valence-electron chi connectivity index (χ4n) is 2.90. The molecule has 1 aliphatic rings. The van der Waals surface area contributed by atoms with E-state index >= 15 is 0 Å². The van der Waals surface area contributed by atoms with Gasteiger partial charge in [-0.05, 0) is 45.1 Å². The molecule has 0 saturated heterocycles. The first-order chi connectivity index (χ1) is 8.36. The third kappa shape index (κ3) is 7.05. The highest BCUT2D eigenvalue weighted by atomic mass is 16.5. The molecule has 0 aromatic rings. The Kier molecular flexibility index (Phi) is 8.72. The normalized spacial score (nSPS) is 25.8. The average molecular weight is 241 g/mol. The van der Waals surface area contributed by atoms with Gasteiger partial charge in [0.05, 0.1) is 0 Å². The van der Waals surface area contributed by atoms with Crippen molar-refractivity contribution < 1.29 is 4.74 Å². The fraction of sp³-hybridized carbons (Fsp3) is 1.00. The highest BCUT2D eigenvalue weighted by Crippen LogP contribution is 2.26. The molecule has 1 rings (SSSR count). The maximum atomic E-state index is 5.36. The quantitative estimate of drug-likeness (QED) is 0.516. The predicted octanol–water partition coefficient (Wildman–Crippen LogP) is 3.75. The minimum atomic E-state index is 0.776. The number of rotatable bonds is 8. The molecule has 1 saturated carbocycles. The topological polar surface area (TPSA) is 21.3 Å². The van der Waals surface area contributed by atoms with Crippen molar-refractivity contribution in [2.45, 2.75) is 71.3 Å². The molecule has 0 aromatic carbocycles. The molecule has 0 amide bonds. The van der Waals surface area contributed by atoms with Crippen LogP contribution in [0.4, 0.5) is 0 Å². The van der Waals surface area contributed by atoms with Gasteiger partial charge in [0.2, 0.25) is 0 Å². The van der Waals surface area contributed by atoms with Crippen LogP contribution in [0.1, 0.15) is 65.2 Å². The molecule has 1 aliphatic carbocycles. The van der Waals surface area contributed by atoms with E-state index in [2.05, 4.69) is 19.2 Å². The summed E-state index contributed by atoms with van der Waals surface area (Å²) in [6.45, 7) is 7.26. The van der Waals surface area contributed by atoms with E-state index in [1.54, 1.807) is 0 Å². The third-order valence-electron chi connectivity index (χ3n) is 3.89. The molecule has 2 unspecified atom stereocenters. The second-order valence-corrected chi connectivity index (χ2v) is 5.36. The highest BCUT2D eigenvalue weighted by Gasteiger charge is 2.17. The lowest BCUT2D eigenvalue weighted by atomic mass is 9.95. The molecule has 0 spiro atoms. The summed E-state index contributed by atoms with van der Waals surface area (Å²) in [6.07, 6.45) is 11.1. The SMILES string of the molecule is CCCC1CCCC(NCCCOCC)CC1. The van der Waals surface area contributed by atoms with Crippen molar-refractivity contribution >= 4 is 0 Å². The van der Waals surface area contributed by atoms with Gasteiger partial charge in [-0.25, -0.2) is 0 Å². The first-order valence-corrected chi connectivity index (χ1v) is 7.68. The Labute approximate surface area is 108 Å². The molecular weight excluding hydrogens is 210 g/mol. The molecule has 1 N–H and O–H groups in total. The lowest BCUT2D eigenvalue weighted by molar-refractivity contribution is 0.144. The van der Waals surface area contributed by atoms with E-state index in [9.17, 15) is 0 Å². The molecule has 0 heterocycles. The molecule has 0 bridgehead atoms. The van der Waals surface area contributed by atoms with Crippen molar-refractivity contribution in [3.63, 3.8) is 0 Å². The van der Waals surface area contributed by atoms with E-state index in [1.165, 1.54) is 44.9 Å². The smallest absolute Gasteiger partial charge is 0.0477 e. The largest absolute Gasteiger partial charge is 0.382 e. The van der Waals surface area contributed by atoms with Crippen molar-refractivity contribution in [3.8, 4) is 0 Å². The van der Waals surface area contributed by atoms with Gasteiger partial charge in [0.25, 0.3) is 0 Å². The lowest BCUT2D eigenvalue weighted by Gasteiger charge is -2.16.